The standard InChI is InChI=1S/C16H25N3O2/c1-16(2,21)12-19-9-7-18(8-10-19)11-13-3-5-14(6-4-13)15(17)20/h3-6,21H,7-12H2,1-2H3,(H2,17,20). The van der Waals surface area contributed by atoms with Gasteiger partial charge in [-0.1, -0.05) is 12.1 Å². The molecule has 0 atom stereocenters. The van der Waals surface area contributed by atoms with Crippen molar-refractivity contribution in [2.24, 2.45) is 5.73 Å². The fraction of sp³-hybridized carbons (Fsp3) is 0.562. The third-order valence-corrected chi connectivity index (χ3v) is 3.72. The van der Waals surface area contributed by atoms with E-state index in [1.54, 1.807) is 12.1 Å². The van der Waals surface area contributed by atoms with E-state index in [0.717, 1.165) is 32.7 Å². The molecule has 2 rings (SSSR count). The summed E-state index contributed by atoms with van der Waals surface area (Å²) in [6, 6.07) is 7.48. The van der Waals surface area contributed by atoms with Crippen LogP contribution in [0.15, 0.2) is 24.3 Å². The normalized spacial score (nSPS) is 17.9. The average molecular weight is 291 g/mol. The summed E-state index contributed by atoms with van der Waals surface area (Å²) in [5.41, 5.74) is 6.35. The molecule has 5 nitrogen and oxygen atoms in total. The molecule has 0 aromatic heterocycles. The van der Waals surface area contributed by atoms with Crippen LogP contribution in [0.4, 0.5) is 0 Å². The first-order valence-corrected chi connectivity index (χ1v) is 7.39. The summed E-state index contributed by atoms with van der Waals surface area (Å²) in [7, 11) is 0. The van der Waals surface area contributed by atoms with Gasteiger partial charge in [-0.05, 0) is 31.5 Å². The van der Waals surface area contributed by atoms with Crippen LogP contribution in [0.3, 0.4) is 0 Å². The molecule has 0 spiro atoms. The van der Waals surface area contributed by atoms with Crippen LogP contribution in [0.5, 0.6) is 0 Å². The minimum atomic E-state index is -0.632. The summed E-state index contributed by atoms with van der Waals surface area (Å²) in [6.07, 6.45) is 0. The average Bonchev–Trinajstić information content (AvgIpc) is 2.40. The summed E-state index contributed by atoms with van der Waals surface area (Å²) < 4.78 is 0. The molecule has 21 heavy (non-hydrogen) atoms. The zero-order valence-electron chi connectivity index (χ0n) is 12.9. The number of benzene rings is 1. The van der Waals surface area contributed by atoms with Crippen LogP contribution in [0, 0.1) is 0 Å². The van der Waals surface area contributed by atoms with Gasteiger partial charge in [-0.2, -0.15) is 0 Å². The van der Waals surface area contributed by atoms with Gasteiger partial charge in [-0.3, -0.25) is 14.6 Å². The van der Waals surface area contributed by atoms with Gasteiger partial charge in [0.1, 0.15) is 0 Å². The largest absolute Gasteiger partial charge is 0.389 e. The Morgan fingerprint density at radius 3 is 2.14 bits per heavy atom. The minimum absolute atomic E-state index is 0.387. The molecule has 1 aliphatic rings. The lowest BCUT2D eigenvalue weighted by atomic mass is 10.1. The van der Waals surface area contributed by atoms with E-state index in [0.29, 0.717) is 12.1 Å². The van der Waals surface area contributed by atoms with Crippen molar-refractivity contribution in [3.8, 4) is 0 Å². The number of rotatable bonds is 5. The predicted molar refractivity (Wildman–Crippen MR) is 83.0 cm³/mol. The Morgan fingerprint density at radius 1 is 1.14 bits per heavy atom. The van der Waals surface area contributed by atoms with Gasteiger partial charge in [0.25, 0.3) is 0 Å². The number of β-amino-alcohol motifs (C(OH)–C–C–N with tert-alkyl or cyclic N) is 1. The molecule has 116 valence electrons. The van der Waals surface area contributed by atoms with Crippen molar-refractivity contribution in [1.29, 1.82) is 0 Å². The Morgan fingerprint density at radius 2 is 1.67 bits per heavy atom. The minimum Gasteiger partial charge on any atom is -0.389 e. The number of amides is 1. The van der Waals surface area contributed by atoms with Crippen molar-refractivity contribution in [3.63, 3.8) is 0 Å². The van der Waals surface area contributed by atoms with Crippen molar-refractivity contribution in [1.82, 2.24) is 9.80 Å². The van der Waals surface area contributed by atoms with Crippen LogP contribution in [0.2, 0.25) is 0 Å². The number of hydrogen-bond acceptors (Lipinski definition) is 4. The van der Waals surface area contributed by atoms with Gasteiger partial charge in [-0.15, -0.1) is 0 Å². The monoisotopic (exact) mass is 291 g/mol. The highest BCUT2D eigenvalue weighted by atomic mass is 16.3. The smallest absolute Gasteiger partial charge is 0.248 e. The fourth-order valence-corrected chi connectivity index (χ4v) is 2.69. The third-order valence-electron chi connectivity index (χ3n) is 3.72. The first kappa shape index (κ1) is 15.9. The van der Waals surface area contributed by atoms with Crippen LogP contribution in [0.1, 0.15) is 29.8 Å². The third kappa shape index (κ3) is 5.12. The number of primary amides is 1. The number of piperazine rings is 1. The van der Waals surface area contributed by atoms with E-state index in [-0.39, 0.29) is 5.91 Å². The molecule has 1 saturated heterocycles. The Bertz CT molecular complexity index is 471. The number of nitrogens with two attached hydrogens (primary N) is 1. The number of hydrogen-bond donors (Lipinski definition) is 2. The summed E-state index contributed by atoms with van der Waals surface area (Å²) in [5.74, 6) is -0.387. The van der Waals surface area contributed by atoms with Crippen LogP contribution in [-0.4, -0.2) is 59.1 Å². The molecule has 0 saturated carbocycles. The lowest BCUT2D eigenvalue weighted by molar-refractivity contribution is 0.0167. The fourth-order valence-electron chi connectivity index (χ4n) is 2.69. The van der Waals surface area contributed by atoms with E-state index < -0.39 is 5.60 Å². The summed E-state index contributed by atoms with van der Waals surface area (Å²) >= 11 is 0. The van der Waals surface area contributed by atoms with E-state index >= 15 is 0 Å². The maximum Gasteiger partial charge on any atom is 0.248 e. The highest BCUT2D eigenvalue weighted by Gasteiger charge is 2.22. The molecule has 1 aromatic carbocycles. The zero-order valence-corrected chi connectivity index (χ0v) is 12.9. The molecule has 1 aromatic rings. The van der Waals surface area contributed by atoms with Gasteiger partial charge in [0.2, 0.25) is 5.91 Å². The van der Waals surface area contributed by atoms with E-state index in [2.05, 4.69) is 9.80 Å². The van der Waals surface area contributed by atoms with Crippen LogP contribution in [0.25, 0.3) is 0 Å². The summed E-state index contributed by atoms with van der Waals surface area (Å²) in [5, 5.41) is 9.85. The van der Waals surface area contributed by atoms with Crippen LogP contribution in [-0.2, 0) is 6.54 Å². The lowest BCUT2D eigenvalue weighted by Gasteiger charge is -2.37. The van der Waals surface area contributed by atoms with Crippen molar-refractivity contribution >= 4 is 5.91 Å². The number of carbonyl (C=O) groups excluding carboxylic acids is 1. The highest BCUT2D eigenvalue weighted by Crippen LogP contribution is 2.12. The molecule has 5 heteroatoms. The second-order valence-electron chi connectivity index (χ2n) is 6.43. The van der Waals surface area contributed by atoms with Crippen molar-refractivity contribution < 1.29 is 9.90 Å². The van der Waals surface area contributed by atoms with Gasteiger partial charge in [0.05, 0.1) is 5.60 Å². The molecule has 0 radical (unpaired) electrons. The van der Waals surface area contributed by atoms with Gasteiger partial charge in [0.15, 0.2) is 0 Å². The van der Waals surface area contributed by atoms with E-state index in [4.69, 9.17) is 5.73 Å². The number of aliphatic hydroxyl groups is 1. The molecule has 0 aliphatic carbocycles. The number of nitrogens with zero attached hydrogens (tertiary/aromatic N) is 2. The Balaban J connectivity index is 1.82. The second kappa shape index (κ2) is 6.56. The topological polar surface area (TPSA) is 69.8 Å². The molecule has 1 heterocycles. The summed E-state index contributed by atoms with van der Waals surface area (Å²) in [4.78, 5) is 15.7. The quantitative estimate of drug-likeness (QED) is 0.837. The van der Waals surface area contributed by atoms with E-state index in [1.165, 1.54) is 5.56 Å². The Kier molecular flexibility index (Phi) is 4.98. The molecule has 1 amide bonds. The first-order valence-electron chi connectivity index (χ1n) is 7.39. The lowest BCUT2D eigenvalue weighted by Crippen LogP contribution is -2.50. The highest BCUT2D eigenvalue weighted by molar-refractivity contribution is 5.92. The number of carbonyl (C=O) groups is 1. The molecular formula is C16H25N3O2. The van der Waals surface area contributed by atoms with Crippen LogP contribution < -0.4 is 5.73 Å². The van der Waals surface area contributed by atoms with E-state index in [9.17, 15) is 9.90 Å². The maximum absolute atomic E-state index is 11.0. The van der Waals surface area contributed by atoms with Gasteiger partial charge in [0, 0.05) is 44.8 Å². The van der Waals surface area contributed by atoms with Gasteiger partial charge in [-0.25, -0.2) is 0 Å². The van der Waals surface area contributed by atoms with Crippen LogP contribution >= 0.6 is 0 Å². The predicted octanol–water partition coefficient (Wildman–Crippen LogP) is 0.674. The Labute approximate surface area is 126 Å². The molecule has 0 bridgehead atoms. The first-order chi connectivity index (χ1) is 9.83. The second-order valence-corrected chi connectivity index (χ2v) is 6.43. The van der Waals surface area contributed by atoms with E-state index in [1.807, 2.05) is 26.0 Å². The zero-order chi connectivity index (χ0) is 15.5. The summed E-state index contributed by atoms with van der Waals surface area (Å²) in [6.45, 7) is 9.23. The maximum atomic E-state index is 11.0. The van der Waals surface area contributed by atoms with Crippen molar-refractivity contribution in [2.45, 2.75) is 26.0 Å². The van der Waals surface area contributed by atoms with Crippen molar-refractivity contribution in [2.75, 3.05) is 32.7 Å². The molecule has 3 N–H and O–H groups in total. The molecule has 1 fully saturated rings. The van der Waals surface area contributed by atoms with Gasteiger partial charge < -0.3 is 10.8 Å². The molecular weight excluding hydrogens is 266 g/mol. The Hall–Kier alpha value is -1.43. The van der Waals surface area contributed by atoms with Gasteiger partial charge >= 0.3 is 0 Å². The molecule has 0 unspecified atom stereocenters. The SMILES string of the molecule is CC(C)(O)CN1CCN(Cc2ccc(C(N)=O)cc2)CC1. The van der Waals surface area contributed by atoms with Crippen molar-refractivity contribution in [3.05, 3.63) is 35.4 Å². The molecule has 1 aliphatic heterocycles.